The molecule has 1 aromatic rings. The molecule has 0 spiro atoms. The predicted octanol–water partition coefficient (Wildman–Crippen LogP) is 2.77. The van der Waals surface area contributed by atoms with Crippen LogP contribution in [0.3, 0.4) is 0 Å². The highest BCUT2D eigenvalue weighted by atomic mass is 35.5. The van der Waals surface area contributed by atoms with Gasteiger partial charge in [-0.25, -0.2) is 25.0 Å². The summed E-state index contributed by atoms with van der Waals surface area (Å²) >= 11 is 6.02. The minimum absolute atomic E-state index is 0.227. The SMILES string of the molecule is CC(C)[C@@H](NC(=O)N(N)CC(C)(C)OC(=O)OCOC(=O)C=CC(=O)O)C(=O)N1CC[C@](O)(c2ccc(Cl)cc2)C(C)(C)C1. The van der Waals surface area contributed by atoms with Crippen LogP contribution in [0.15, 0.2) is 36.4 Å². The molecule has 1 heterocycles. The van der Waals surface area contributed by atoms with Crippen molar-refractivity contribution in [2.75, 3.05) is 26.4 Å². The lowest BCUT2D eigenvalue weighted by Gasteiger charge is -2.51. The van der Waals surface area contributed by atoms with Gasteiger partial charge in [0.1, 0.15) is 11.6 Å². The van der Waals surface area contributed by atoms with Gasteiger partial charge in [-0.15, -0.1) is 0 Å². The molecule has 5 N–H and O–H groups in total. The Morgan fingerprint density at radius 1 is 1.14 bits per heavy atom. The second-order valence-corrected chi connectivity index (χ2v) is 12.5. The Bertz CT molecular complexity index is 1250. The summed E-state index contributed by atoms with van der Waals surface area (Å²) in [6.45, 7) is 9.53. The van der Waals surface area contributed by atoms with Crippen LogP contribution in [0.25, 0.3) is 0 Å². The predicted molar refractivity (Wildman–Crippen MR) is 158 cm³/mol. The molecule has 0 aliphatic carbocycles. The van der Waals surface area contributed by atoms with Crippen LogP contribution in [0.4, 0.5) is 9.59 Å². The zero-order valence-electron chi connectivity index (χ0n) is 25.7. The number of amides is 3. The van der Waals surface area contributed by atoms with Gasteiger partial charge in [-0.3, -0.25) is 9.80 Å². The maximum atomic E-state index is 13.6. The Hall–Kier alpha value is -3.88. The molecular formula is C29H41ClN4O10. The molecule has 1 aliphatic heterocycles. The standard InChI is InChI=1S/C29H41ClN4O10/c1-18(2)23(24(38)33-14-13-29(41,27(3,4)15-33)19-7-9-20(30)10-8-19)32-25(39)34(31)16-28(5,6)44-26(40)43-17-42-22(37)12-11-21(35)36/h7-12,18,23,41H,13-17,31H2,1-6H3,(H,32,39)(H,35,36)/t23-,29+/m1/s1. The van der Waals surface area contributed by atoms with Crippen molar-refractivity contribution in [3.63, 3.8) is 0 Å². The third-order valence-corrected chi connectivity index (χ3v) is 7.46. The number of carbonyl (C=O) groups excluding carboxylic acids is 4. The largest absolute Gasteiger partial charge is 0.511 e. The number of benzene rings is 1. The van der Waals surface area contributed by atoms with Gasteiger partial charge in [-0.05, 0) is 43.9 Å². The van der Waals surface area contributed by atoms with Gasteiger partial charge in [0.05, 0.1) is 12.1 Å². The van der Waals surface area contributed by atoms with Crippen LogP contribution in [-0.2, 0) is 34.2 Å². The van der Waals surface area contributed by atoms with Gasteiger partial charge in [-0.1, -0.05) is 51.4 Å². The number of aliphatic carboxylic acids is 1. The average Bonchev–Trinajstić information content (AvgIpc) is 2.91. The Morgan fingerprint density at radius 3 is 2.30 bits per heavy atom. The van der Waals surface area contributed by atoms with Crippen molar-refractivity contribution in [2.24, 2.45) is 17.2 Å². The van der Waals surface area contributed by atoms with Crippen LogP contribution >= 0.6 is 11.6 Å². The number of likely N-dealkylation sites (tertiary alicyclic amines) is 1. The first kappa shape index (κ1) is 36.3. The van der Waals surface area contributed by atoms with Crippen LogP contribution < -0.4 is 11.2 Å². The summed E-state index contributed by atoms with van der Waals surface area (Å²) in [7, 11) is 0. The first-order valence-corrected chi connectivity index (χ1v) is 14.2. The van der Waals surface area contributed by atoms with E-state index < -0.39 is 53.6 Å². The van der Waals surface area contributed by atoms with Crippen molar-refractivity contribution in [3.05, 3.63) is 47.0 Å². The molecular weight excluding hydrogens is 600 g/mol. The molecule has 1 aromatic carbocycles. The molecule has 0 radical (unpaired) electrons. The number of hydrazine groups is 1. The molecule has 1 aliphatic rings. The number of rotatable bonds is 11. The molecule has 2 rings (SSSR count). The first-order chi connectivity index (χ1) is 20.3. The van der Waals surface area contributed by atoms with Gasteiger partial charge in [0, 0.05) is 35.7 Å². The third-order valence-electron chi connectivity index (χ3n) is 7.21. The summed E-state index contributed by atoms with van der Waals surface area (Å²) < 4.78 is 14.3. The van der Waals surface area contributed by atoms with E-state index in [9.17, 15) is 29.1 Å². The van der Waals surface area contributed by atoms with Gasteiger partial charge in [0.25, 0.3) is 0 Å². The van der Waals surface area contributed by atoms with E-state index in [1.54, 1.807) is 43.0 Å². The fourth-order valence-electron chi connectivity index (χ4n) is 4.79. The number of piperidine rings is 1. The van der Waals surface area contributed by atoms with E-state index >= 15 is 0 Å². The molecule has 0 bridgehead atoms. The van der Waals surface area contributed by atoms with Crippen LogP contribution in [0, 0.1) is 11.3 Å². The van der Waals surface area contributed by atoms with Crippen molar-refractivity contribution in [1.29, 1.82) is 0 Å². The number of aliphatic hydroxyl groups is 1. The number of halogens is 1. The lowest BCUT2D eigenvalue weighted by Crippen LogP contribution is -2.62. The average molecular weight is 641 g/mol. The Kier molecular flexibility index (Phi) is 12.2. The second kappa shape index (κ2) is 14.7. The number of carboxylic acids is 1. The van der Waals surface area contributed by atoms with E-state index in [0.717, 1.165) is 5.01 Å². The molecule has 3 amide bonds. The summed E-state index contributed by atoms with van der Waals surface area (Å²) in [5, 5.41) is 24.1. The van der Waals surface area contributed by atoms with Crippen LogP contribution in [0.5, 0.6) is 0 Å². The van der Waals surface area contributed by atoms with E-state index in [1.807, 2.05) is 13.8 Å². The van der Waals surface area contributed by atoms with Crippen LogP contribution in [0.2, 0.25) is 5.02 Å². The first-order valence-electron chi connectivity index (χ1n) is 13.8. The Morgan fingerprint density at radius 2 is 1.75 bits per heavy atom. The summed E-state index contributed by atoms with van der Waals surface area (Å²) in [5.74, 6) is 2.90. The maximum absolute atomic E-state index is 13.6. The molecule has 1 saturated heterocycles. The van der Waals surface area contributed by atoms with E-state index in [4.69, 9.17) is 27.3 Å². The summed E-state index contributed by atoms with van der Waals surface area (Å²) in [4.78, 5) is 62.0. The molecule has 44 heavy (non-hydrogen) atoms. The number of ether oxygens (including phenoxy) is 3. The zero-order valence-corrected chi connectivity index (χ0v) is 26.4. The lowest BCUT2D eigenvalue weighted by molar-refractivity contribution is -0.155. The Labute approximate surface area is 261 Å². The number of nitrogens with two attached hydrogens (primary N) is 1. The highest BCUT2D eigenvalue weighted by Crippen LogP contribution is 2.46. The number of carbonyl (C=O) groups is 5. The minimum atomic E-state index is -1.36. The van der Waals surface area contributed by atoms with E-state index in [2.05, 4.69) is 14.8 Å². The highest BCUT2D eigenvalue weighted by Gasteiger charge is 2.50. The van der Waals surface area contributed by atoms with Crippen molar-refractivity contribution < 1.29 is 48.4 Å². The normalized spacial score (nSPS) is 18.8. The summed E-state index contributed by atoms with van der Waals surface area (Å²) in [6, 6.07) is 5.24. The molecule has 0 unspecified atom stereocenters. The molecule has 14 nitrogen and oxygen atoms in total. The zero-order chi connectivity index (χ0) is 33.5. The number of nitrogens with one attached hydrogen (secondary N) is 1. The molecule has 244 valence electrons. The number of esters is 1. The fourth-order valence-corrected chi connectivity index (χ4v) is 4.92. The topological polar surface area (TPSA) is 198 Å². The summed E-state index contributed by atoms with van der Waals surface area (Å²) in [5.41, 5.74) is -2.60. The number of nitrogens with zero attached hydrogens (tertiary/aromatic N) is 2. The number of carboxylic acid groups (broad SMARTS) is 1. The van der Waals surface area contributed by atoms with Crippen molar-refractivity contribution in [3.8, 4) is 0 Å². The quantitative estimate of drug-likeness (QED) is 0.0692. The number of urea groups is 1. The lowest BCUT2D eigenvalue weighted by atomic mass is 9.66. The van der Waals surface area contributed by atoms with Crippen molar-refractivity contribution >= 4 is 41.6 Å². The van der Waals surface area contributed by atoms with Gasteiger partial charge >= 0.3 is 24.1 Å². The minimum Gasteiger partial charge on any atom is -0.478 e. The molecule has 15 heteroatoms. The maximum Gasteiger partial charge on any atom is 0.511 e. The van der Waals surface area contributed by atoms with Crippen LogP contribution in [-0.4, -0.2) is 88.2 Å². The van der Waals surface area contributed by atoms with Crippen LogP contribution in [0.1, 0.15) is 53.5 Å². The van der Waals surface area contributed by atoms with E-state index in [-0.39, 0.29) is 37.9 Å². The molecule has 0 aromatic heterocycles. The van der Waals surface area contributed by atoms with Gasteiger partial charge in [-0.2, -0.15) is 0 Å². The Balaban J connectivity index is 1.97. The number of hydrogen-bond donors (Lipinski definition) is 4. The summed E-state index contributed by atoms with van der Waals surface area (Å²) in [6.07, 6.45) is 0.224. The fraction of sp³-hybridized carbons (Fsp3) is 0.552. The van der Waals surface area contributed by atoms with Gasteiger partial charge in [0.2, 0.25) is 12.7 Å². The molecule has 1 fully saturated rings. The molecule has 0 saturated carbocycles. The van der Waals surface area contributed by atoms with Gasteiger partial charge < -0.3 is 34.6 Å². The van der Waals surface area contributed by atoms with Gasteiger partial charge in [0.15, 0.2) is 0 Å². The number of hydrogen-bond acceptors (Lipinski definition) is 10. The smallest absolute Gasteiger partial charge is 0.478 e. The molecule has 2 atom stereocenters. The van der Waals surface area contributed by atoms with E-state index in [0.29, 0.717) is 22.7 Å². The second-order valence-electron chi connectivity index (χ2n) is 12.1. The monoisotopic (exact) mass is 640 g/mol. The highest BCUT2D eigenvalue weighted by molar-refractivity contribution is 6.30. The van der Waals surface area contributed by atoms with Crippen molar-refractivity contribution in [2.45, 2.75) is 65.2 Å². The van der Waals surface area contributed by atoms with E-state index in [1.165, 1.54) is 13.8 Å². The van der Waals surface area contributed by atoms with Crippen molar-refractivity contribution in [1.82, 2.24) is 15.2 Å². The third kappa shape index (κ3) is 9.82.